The fourth-order valence-electron chi connectivity index (χ4n) is 4.27. The number of carbonyl (C=O) groups is 1. The lowest BCUT2D eigenvalue weighted by atomic mass is 9.82. The Morgan fingerprint density at radius 3 is 2.18 bits per heavy atom. The van der Waals surface area contributed by atoms with Crippen LogP contribution < -0.4 is 10.6 Å². The Hall–Kier alpha value is -2.81. The van der Waals surface area contributed by atoms with Gasteiger partial charge in [-0.1, -0.05) is 13.8 Å². The number of aromatic nitrogens is 1. The summed E-state index contributed by atoms with van der Waals surface area (Å²) in [4.78, 5) is 18.7. The van der Waals surface area contributed by atoms with Gasteiger partial charge in [0.05, 0.1) is 11.3 Å². The maximum Gasteiger partial charge on any atom is 0.337 e. The molecule has 1 aliphatic rings. The molecule has 1 fully saturated rings. The summed E-state index contributed by atoms with van der Waals surface area (Å²) in [5.41, 5.74) is 6.64. The van der Waals surface area contributed by atoms with Gasteiger partial charge in [0.2, 0.25) is 0 Å². The van der Waals surface area contributed by atoms with Gasteiger partial charge in [-0.15, -0.1) is 0 Å². The van der Waals surface area contributed by atoms with Gasteiger partial charge < -0.3 is 20.5 Å². The van der Waals surface area contributed by atoms with Crippen LogP contribution in [0, 0.1) is 29.8 Å². The molecule has 0 unspecified atom stereocenters. The molecule has 2 heterocycles. The summed E-state index contributed by atoms with van der Waals surface area (Å²) in [7, 11) is 0. The average Bonchev–Trinajstić information content (AvgIpc) is 2.69. The third-order valence-electron chi connectivity index (χ3n) is 6.09. The van der Waals surface area contributed by atoms with Crippen LogP contribution in [0.2, 0.25) is 0 Å². The highest BCUT2D eigenvalue weighted by molar-refractivity contribution is 5.91. The standard InChI is InChI=1S/C25H32F3N3O3/c1-13-17(21(23(32)33)34-24(2,3)4)20(31-9-7-25(5,6)8-10-31)18(22(29)30-13)14-11-15(26)19(28)16(27)12-14/h11-12,21H,7-10H2,1-6H3,(H2,29,30)(H,32,33)/t21-/m0/s1. The number of halogens is 3. The number of benzene rings is 1. The molecule has 1 atom stereocenters. The molecule has 3 rings (SSSR count). The molecule has 0 bridgehead atoms. The number of pyridine rings is 1. The van der Waals surface area contributed by atoms with Gasteiger partial charge in [-0.3, -0.25) is 0 Å². The van der Waals surface area contributed by atoms with E-state index < -0.39 is 35.1 Å². The highest BCUT2D eigenvalue weighted by Crippen LogP contribution is 2.46. The average molecular weight is 480 g/mol. The van der Waals surface area contributed by atoms with Crippen molar-refractivity contribution >= 4 is 17.5 Å². The molecule has 0 radical (unpaired) electrons. The fourth-order valence-corrected chi connectivity index (χ4v) is 4.27. The molecule has 0 amide bonds. The second-order valence-electron chi connectivity index (χ2n) is 10.6. The fraction of sp³-hybridized carbons (Fsp3) is 0.520. The number of ether oxygens (including phenoxy) is 1. The number of anilines is 2. The molecular formula is C25H32F3N3O3. The van der Waals surface area contributed by atoms with Crippen molar-refractivity contribution in [2.24, 2.45) is 5.41 Å². The van der Waals surface area contributed by atoms with E-state index in [2.05, 4.69) is 18.8 Å². The Balaban J connectivity index is 2.35. The number of aliphatic carboxylic acids is 1. The lowest BCUT2D eigenvalue weighted by Crippen LogP contribution is -2.39. The van der Waals surface area contributed by atoms with Crippen LogP contribution in [0.15, 0.2) is 12.1 Å². The first-order valence-electron chi connectivity index (χ1n) is 11.2. The number of nitrogen functional groups attached to an aromatic ring is 1. The van der Waals surface area contributed by atoms with E-state index in [1.165, 1.54) is 0 Å². The monoisotopic (exact) mass is 479 g/mol. The third kappa shape index (κ3) is 5.29. The first kappa shape index (κ1) is 25.8. The molecule has 1 aliphatic heterocycles. The van der Waals surface area contributed by atoms with E-state index in [4.69, 9.17) is 10.5 Å². The number of hydrogen-bond acceptors (Lipinski definition) is 5. The summed E-state index contributed by atoms with van der Waals surface area (Å²) in [5, 5.41) is 10.1. The predicted molar refractivity (Wildman–Crippen MR) is 125 cm³/mol. The number of aryl methyl sites for hydroxylation is 1. The van der Waals surface area contributed by atoms with E-state index in [0.717, 1.165) is 25.0 Å². The van der Waals surface area contributed by atoms with E-state index in [-0.39, 0.29) is 27.9 Å². The summed E-state index contributed by atoms with van der Waals surface area (Å²) >= 11 is 0. The maximum atomic E-state index is 14.2. The van der Waals surface area contributed by atoms with Crippen LogP contribution in [0.1, 0.15) is 64.8 Å². The van der Waals surface area contributed by atoms with Gasteiger partial charge >= 0.3 is 5.97 Å². The Morgan fingerprint density at radius 1 is 1.18 bits per heavy atom. The molecule has 186 valence electrons. The number of hydrogen-bond donors (Lipinski definition) is 2. The molecule has 0 saturated carbocycles. The Labute approximate surface area is 197 Å². The van der Waals surface area contributed by atoms with Crippen molar-refractivity contribution < 1.29 is 27.8 Å². The molecule has 9 heteroatoms. The molecule has 0 spiro atoms. The summed E-state index contributed by atoms with van der Waals surface area (Å²) < 4.78 is 48.1. The maximum absolute atomic E-state index is 14.2. The van der Waals surface area contributed by atoms with Crippen LogP contribution in [-0.2, 0) is 9.53 Å². The number of piperidine rings is 1. The molecule has 1 aromatic carbocycles. The zero-order valence-corrected chi connectivity index (χ0v) is 20.4. The molecule has 2 aromatic rings. The smallest absolute Gasteiger partial charge is 0.337 e. The largest absolute Gasteiger partial charge is 0.479 e. The first-order chi connectivity index (χ1) is 15.6. The highest BCUT2D eigenvalue weighted by atomic mass is 19.2. The van der Waals surface area contributed by atoms with Crippen molar-refractivity contribution in [3.8, 4) is 11.1 Å². The van der Waals surface area contributed by atoms with E-state index in [9.17, 15) is 23.1 Å². The first-order valence-corrected chi connectivity index (χ1v) is 11.2. The zero-order valence-electron chi connectivity index (χ0n) is 20.4. The topological polar surface area (TPSA) is 88.7 Å². The van der Waals surface area contributed by atoms with Crippen LogP contribution in [0.25, 0.3) is 11.1 Å². The molecular weight excluding hydrogens is 447 g/mol. The van der Waals surface area contributed by atoms with Crippen molar-refractivity contribution in [3.05, 3.63) is 40.8 Å². The van der Waals surface area contributed by atoms with Crippen LogP contribution >= 0.6 is 0 Å². The summed E-state index contributed by atoms with van der Waals surface area (Å²) in [6.45, 7) is 12.2. The number of rotatable bonds is 5. The minimum Gasteiger partial charge on any atom is -0.479 e. The van der Waals surface area contributed by atoms with E-state index in [0.29, 0.717) is 24.5 Å². The van der Waals surface area contributed by atoms with Gasteiger partial charge in [-0.25, -0.2) is 22.9 Å². The Kier molecular flexibility index (Phi) is 6.90. The molecule has 1 saturated heterocycles. The second-order valence-corrected chi connectivity index (χ2v) is 10.6. The van der Waals surface area contributed by atoms with Crippen LogP contribution in [0.3, 0.4) is 0 Å². The second kappa shape index (κ2) is 9.09. The molecule has 34 heavy (non-hydrogen) atoms. The van der Waals surface area contributed by atoms with Crippen molar-refractivity contribution in [2.45, 2.75) is 66.1 Å². The van der Waals surface area contributed by atoms with Gasteiger partial charge in [0, 0.05) is 29.9 Å². The van der Waals surface area contributed by atoms with Gasteiger partial charge in [0.25, 0.3) is 0 Å². The number of carboxylic acid groups (broad SMARTS) is 1. The quantitative estimate of drug-likeness (QED) is 0.541. The Bertz CT molecular complexity index is 1080. The van der Waals surface area contributed by atoms with Crippen molar-refractivity contribution in [3.63, 3.8) is 0 Å². The number of nitrogens with zero attached hydrogens (tertiary/aromatic N) is 2. The summed E-state index contributed by atoms with van der Waals surface area (Å²) in [6.07, 6.45) is 0.195. The third-order valence-corrected chi connectivity index (χ3v) is 6.09. The van der Waals surface area contributed by atoms with E-state index in [1.54, 1.807) is 27.7 Å². The highest BCUT2D eigenvalue weighted by Gasteiger charge is 2.37. The van der Waals surface area contributed by atoms with Crippen molar-refractivity contribution in [2.75, 3.05) is 23.7 Å². The minimum atomic E-state index is -1.59. The van der Waals surface area contributed by atoms with Gasteiger partial charge in [0.15, 0.2) is 23.6 Å². The molecule has 0 aliphatic carbocycles. The van der Waals surface area contributed by atoms with Crippen molar-refractivity contribution in [1.82, 2.24) is 4.98 Å². The number of carboxylic acids is 1. The molecule has 3 N–H and O–H groups in total. The van der Waals surface area contributed by atoms with Gasteiger partial charge in [-0.05, 0) is 63.6 Å². The van der Waals surface area contributed by atoms with Crippen LogP contribution in [0.5, 0.6) is 0 Å². The number of nitrogens with two attached hydrogens (primary N) is 1. The predicted octanol–water partition coefficient (Wildman–Crippen LogP) is 5.62. The summed E-state index contributed by atoms with van der Waals surface area (Å²) in [5.74, 6) is -5.61. The van der Waals surface area contributed by atoms with Crippen LogP contribution in [0.4, 0.5) is 24.7 Å². The van der Waals surface area contributed by atoms with Gasteiger partial charge in [-0.2, -0.15) is 0 Å². The van der Waals surface area contributed by atoms with Crippen molar-refractivity contribution in [1.29, 1.82) is 0 Å². The lowest BCUT2D eigenvalue weighted by molar-refractivity contribution is -0.160. The summed E-state index contributed by atoms with van der Waals surface area (Å²) in [6, 6.07) is 1.70. The molecule has 6 nitrogen and oxygen atoms in total. The van der Waals surface area contributed by atoms with E-state index in [1.807, 2.05) is 4.90 Å². The van der Waals surface area contributed by atoms with Gasteiger partial charge in [0.1, 0.15) is 5.82 Å². The SMILES string of the molecule is Cc1nc(N)c(-c2cc(F)c(F)c(F)c2)c(N2CCC(C)(C)CC2)c1[C@H](OC(C)(C)C)C(=O)O. The normalized spacial score (nSPS) is 17.0. The molecule has 1 aromatic heterocycles. The lowest BCUT2D eigenvalue weighted by Gasteiger charge is -2.41. The zero-order chi connectivity index (χ0) is 25.6. The minimum absolute atomic E-state index is 0.0256. The van der Waals surface area contributed by atoms with E-state index >= 15 is 0 Å². The Morgan fingerprint density at radius 2 is 1.71 bits per heavy atom. The van der Waals surface area contributed by atoms with Crippen LogP contribution in [-0.4, -0.2) is 34.8 Å².